The minimum atomic E-state index is 0.642. The highest BCUT2D eigenvalue weighted by Crippen LogP contribution is 2.20. The van der Waals surface area contributed by atoms with Gasteiger partial charge in [-0.05, 0) is 43.7 Å². The average Bonchev–Trinajstić information content (AvgIpc) is 3.31. The van der Waals surface area contributed by atoms with Crippen molar-refractivity contribution in [1.82, 2.24) is 10.3 Å². The Hall–Kier alpha value is -1.13. The van der Waals surface area contributed by atoms with Crippen LogP contribution in [0.5, 0.6) is 0 Å². The van der Waals surface area contributed by atoms with Crippen LogP contribution in [-0.4, -0.2) is 37.8 Å². The summed E-state index contributed by atoms with van der Waals surface area (Å²) in [6.45, 7) is 3.75. The van der Waals surface area contributed by atoms with Crippen LogP contribution >= 0.6 is 0 Å². The third-order valence-electron chi connectivity index (χ3n) is 4.12. The Balaban J connectivity index is 1.55. The predicted molar refractivity (Wildman–Crippen MR) is 80.9 cm³/mol. The minimum absolute atomic E-state index is 0.642. The zero-order valence-corrected chi connectivity index (χ0v) is 12.3. The number of nitrogens with one attached hydrogen (secondary N) is 1. The SMILES string of the molecule is CN(CC1CCCOC1)c1cccc(CNC2CC2)n1. The Kier molecular flexibility index (Phi) is 4.53. The molecule has 3 rings (SSSR count). The largest absolute Gasteiger partial charge is 0.381 e. The molecule has 0 spiro atoms. The fourth-order valence-corrected chi connectivity index (χ4v) is 2.75. The molecule has 1 saturated heterocycles. The zero-order valence-electron chi connectivity index (χ0n) is 12.3. The molecule has 1 aliphatic heterocycles. The lowest BCUT2D eigenvalue weighted by Gasteiger charge is -2.28. The van der Waals surface area contributed by atoms with Crippen LogP contribution in [0.1, 0.15) is 31.4 Å². The Labute approximate surface area is 121 Å². The normalized spacial score (nSPS) is 22.8. The van der Waals surface area contributed by atoms with Crippen LogP contribution in [0.2, 0.25) is 0 Å². The summed E-state index contributed by atoms with van der Waals surface area (Å²) in [6, 6.07) is 7.05. The van der Waals surface area contributed by atoms with Crippen molar-refractivity contribution in [3.8, 4) is 0 Å². The highest BCUT2D eigenvalue weighted by Gasteiger charge is 2.20. The molecule has 1 aromatic heterocycles. The Morgan fingerprint density at radius 3 is 3.00 bits per heavy atom. The molecule has 1 saturated carbocycles. The maximum Gasteiger partial charge on any atom is 0.128 e. The maximum absolute atomic E-state index is 5.56. The second-order valence-electron chi connectivity index (χ2n) is 6.11. The van der Waals surface area contributed by atoms with E-state index in [4.69, 9.17) is 9.72 Å². The summed E-state index contributed by atoms with van der Waals surface area (Å²) in [5.41, 5.74) is 1.14. The van der Waals surface area contributed by atoms with Crippen molar-refractivity contribution >= 4 is 5.82 Å². The van der Waals surface area contributed by atoms with Gasteiger partial charge in [-0.2, -0.15) is 0 Å². The number of aromatic nitrogens is 1. The summed E-state index contributed by atoms with van der Waals surface area (Å²) >= 11 is 0. The minimum Gasteiger partial charge on any atom is -0.381 e. The number of rotatable bonds is 6. The monoisotopic (exact) mass is 275 g/mol. The van der Waals surface area contributed by atoms with Crippen molar-refractivity contribution in [2.45, 2.75) is 38.3 Å². The van der Waals surface area contributed by atoms with Crippen molar-refractivity contribution in [1.29, 1.82) is 0 Å². The molecule has 20 heavy (non-hydrogen) atoms. The molecule has 1 aromatic rings. The van der Waals surface area contributed by atoms with Gasteiger partial charge in [0.15, 0.2) is 0 Å². The molecular formula is C16H25N3O. The van der Waals surface area contributed by atoms with Gasteiger partial charge in [0.1, 0.15) is 5.82 Å². The van der Waals surface area contributed by atoms with Crippen LogP contribution < -0.4 is 10.2 Å². The van der Waals surface area contributed by atoms with Crippen molar-refractivity contribution in [3.05, 3.63) is 23.9 Å². The van der Waals surface area contributed by atoms with Crippen LogP contribution in [0.25, 0.3) is 0 Å². The highest BCUT2D eigenvalue weighted by molar-refractivity contribution is 5.38. The van der Waals surface area contributed by atoms with Gasteiger partial charge in [-0.15, -0.1) is 0 Å². The van der Waals surface area contributed by atoms with Crippen LogP contribution in [0.3, 0.4) is 0 Å². The summed E-state index contributed by atoms with van der Waals surface area (Å²) in [6.07, 6.45) is 5.10. The van der Waals surface area contributed by atoms with E-state index in [-0.39, 0.29) is 0 Å². The van der Waals surface area contributed by atoms with Crippen LogP contribution in [0, 0.1) is 5.92 Å². The molecule has 2 heterocycles. The molecule has 1 aliphatic carbocycles. The van der Waals surface area contributed by atoms with E-state index in [1.807, 2.05) is 0 Å². The summed E-state index contributed by atoms with van der Waals surface area (Å²) in [7, 11) is 2.13. The first-order chi connectivity index (χ1) is 9.81. The van der Waals surface area contributed by atoms with Crippen molar-refractivity contribution < 1.29 is 4.74 Å². The van der Waals surface area contributed by atoms with Gasteiger partial charge in [-0.1, -0.05) is 6.07 Å². The quantitative estimate of drug-likeness (QED) is 0.863. The standard InChI is InChI=1S/C16H25N3O/c1-19(11-13-4-3-9-20-12-13)16-6-2-5-15(18-16)10-17-14-7-8-14/h2,5-6,13-14,17H,3-4,7-12H2,1H3. The molecule has 0 aromatic carbocycles. The lowest BCUT2D eigenvalue weighted by Crippen LogP contribution is -2.31. The lowest BCUT2D eigenvalue weighted by atomic mass is 10.0. The van der Waals surface area contributed by atoms with Gasteiger partial charge in [0.25, 0.3) is 0 Å². The molecular weight excluding hydrogens is 250 g/mol. The van der Waals surface area contributed by atoms with Crippen LogP contribution in [0.4, 0.5) is 5.82 Å². The van der Waals surface area contributed by atoms with Crippen LogP contribution in [-0.2, 0) is 11.3 Å². The predicted octanol–water partition coefficient (Wildman–Crippen LogP) is 2.20. The second-order valence-corrected chi connectivity index (χ2v) is 6.11. The van der Waals surface area contributed by atoms with Gasteiger partial charge in [0.05, 0.1) is 12.3 Å². The molecule has 1 atom stereocenters. The van der Waals surface area contributed by atoms with Gasteiger partial charge in [0.2, 0.25) is 0 Å². The van der Waals surface area contributed by atoms with Gasteiger partial charge in [-0.25, -0.2) is 4.98 Å². The van der Waals surface area contributed by atoms with E-state index in [1.165, 1.54) is 25.7 Å². The molecule has 2 aliphatic rings. The molecule has 2 fully saturated rings. The molecule has 4 nitrogen and oxygen atoms in total. The summed E-state index contributed by atoms with van der Waals surface area (Å²) in [5, 5.41) is 3.52. The first-order valence-electron chi connectivity index (χ1n) is 7.79. The lowest BCUT2D eigenvalue weighted by molar-refractivity contribution is 0.0576. The number of pyridine rings is 1. The topological polar surface area (TPSA) is 37.4 Å². The van der Waals surface area contributed by atoms with Gasteiger partial charge in [0, 0.05) is 32.8 Å². The Morgan fingerprint density at radius 1 is 1.35 bits per heavy atom. The molecule has 1 unspecified atom stereocenters. The fourth-order valence-electron chi connectivity index (χ4n) is 2.75. The van der Waals surface area contributed by atoms with E-state index in [0.29, 0.717) is 5.92 Å². The first-order valence-corrected chi connectivity index (χ1v) is 7.79. The number of nitrogens with zero attached hydrogens (tertiary/aromatic N) is 2. The van der Waals surface area contributed by atoms with Crippen molar-refractivity contribution in [3.63, 3.8) is 0 Å². The number of anilines is 1. The third kappa shape index (κ3) is 3.93. The van der Waals surface area contributed by atoms with Crippen LogP contribution in [0.15, 0.2) is 18.2 Å². The third-order valence-corrected chi connectivity index (χ3v) is 4.12. The molecule has 4 heteroatoms. The molecule has 0 radical (unpaired) electrons. The van der Waals surface area contributed by atoms with E-state index in [2.05, 4.69) is 35.5 Å². The Morgan fingerprint density at radius 2 is 2.25 bits per heavy atom. The van der Waals surface area contributed by atoms with E-state index in [0.717, 1.165) is 43.9 Å². The van der Waals surface area contributed by atoms with Crippen molar-refractivity contribution in [2.75, 3.05) is 31.7 Å². The van der Waals surface area contributed by atoms with Gasteiger partial charge in [-0.3, -0.25) is 0 Å². The summed E-state index contributed by atoms with van der Waals surface area (Å²) in [4.78, 5) is 7.02. The fraction of sp³-hybridized carbons (Fsp3) is 0.688. The number of ether oxygens (including phenoxy) is 1. The first kappa shape index (κ1) is 13.8. The number of hydrogen-bond acceptors (Lipinski definition) is 4. The van der Waals surface area contributed by atoms with Crippen molar-refractivity contribution in [2.24, 2.45) is 5.92 Å². The second kappa shape index (κ2) is 6.55. The highest BCUT2D eigenvalue weighted by atomic mass is 16.5. The average molecular weight is 275 g/mol. The summed E-state index contributed by atoms with van der Waals surface area (Å²) in [5.74, 6) is 1.72. The molecule has 0 amide bonds. The molecule has 1 N–H and O–H groups in total. The van der Waals surface area contributed by atoms with E-state index in [9.17, 15) is 0 Å². The number of hydrogen-bond donors (Lipinski definition) is 1. The Bertz CT molecular complexity index is 427. The van der Waals surface area contributed by atoms with E-state index >= 15 is 0 Å². The summed E-state index contributed by atoms with van der Waals surface area (Å²) < 4.78 is 5.56. The van der Waals surface area contributed by atoms with Gasteiger partial charge < -0.3 is 15.0 Å². The van der Waals surface area contributed by atoms with Gasteiger partial charge >= 0.3 is 0 Å². The maximum atomic E-state index is 5.56. The smallest absolute Gasteiger partial charge is 0.128 e. The van der Waals surface area contributed by atoms with E-state index < -0.39 is 0 Å². The molecule has 110 valence electrons. The van der Waals surface area contributed by atoms with E-state index in [1.54, 1.807) is 0 Å². The molecule has 0 bridgehead atoms. The zero-order chi connectivity index (χ0) is 13.8.